The molecule has 0 spiro atoms. The molecule has 3 rings (SSSR count). The summed E-state index contributed by atoms with van der Waals surface area (Å²) in [7, 11) is 0. The van der Waals surface area contributed by atoms with E-state index in [1.54, 1.807) is 0 Å². The van der Waals surface area contributed by atoms with E-state index in [0.29, 0.717) is 0 Å². The highest BCUT2D eigenvalue weighted by Crippen LogP contribution is 2.24. The summed E-state index contributed by atoms with van der Waals surface area (Å²) in [4.78, 5) is 0. The van der Waals surface area contributed by atoms with Crippen molar-refractivity contribution in [1.29, 1.82) is 0 Å². The molecule has 0 heterocycles. The van der Waals surface area contributed by atoms with E-state index in [4.69, 9.17) is 0 Å². The standard InChI is InChI=1S/C18H14/c1-3-8-15(9-4-1)17-12-7-13-18(14-17)16-10-5-2-6-11-16/h1,3-5,8-11,13-14H,2,6H2. The van der Waals surface area contributed by atoms with Gasteiger partial charge in [-0.3, -0.25) is 0 Å². The molecule has 0 bridgehead atoms. The number of benzene rings is 1. The van der Waals surface area contributed by atoms with Gasteiger partial charge in [0.25, 0.3) is 0 Å². The Hall–Kier alpha value is -2.26. The Balaban J connectivity index is 1.99. The number of rotatable bonds is 2. The summed E-state index contributed by atoms with van der Waals surface area (Å²) < 4.78 is 0. The molecule has 2 aromatic rings. The van der Waals surface area contributed by atoms with Gasteiger partial charge in [-0.15, -0.1) is 0 Å². The molecule has 1 aliphatic carbocycles. The Kier molecular flexibility index (Phi) is 2.98. The van der Waals surface area contributed by atoms with Crippen LogP contribution in [0.4, 0.5) is 0 Å². The first-order chi connectivity index (χ1) is 8.93. The van der Waals surface area contributed by atoms with Gasteiger partial charge in [0.2, 0.25) is 0 Å². The van der Waals surface area contributed by atoms with Crippen molar-refractivity contribution in [3.63, 3.8) is 0 Å². The fourth-order valence-electron chi connectivity index (χ4n) is 2.19. The van der Waals surface area contributed by atoms with Crippen LogP contribution < -0.4 is 0 Å². The summed E-state index contributed by atoms with van der Waals surface area (Å²) in [6.45, 7) is 0. The van der Waals surface area contributed by atoms with Gasteiger partial charge in [-0.05, 0) is 41.7 Å². The van der Waals surface area contributed by atoms with Crippen molar-refractivity contribution >= 4 is 5.57 Å². The lowest BCUT2D eigenvalue weighted by atomic mass is 9.97. The molecule has 0 nitrogen and oxygen atoms in total. The largest absolute Gasteiger partial charge is 0.0836 e. The van der Waals surface area contributed by atoms with Crippen molar-refractivity contribution in [2.45, 2.75) is 12.8 Å². The second kappa shape index (κ2) is 4.94. The molecule has 18 heavy (non-hydrogen) atoms. The normalized spacial score (nSPS) is 13.9. The molecule has 0 saturated heterocycles. The summed E-state index contributed by atoms with van der Waals surface area (Å²) in [5.74, 6) is 0. The second-order valence-corrected chi connectivity index (χ2v) is 4.43. The van der Waals surface area contributed by atoms with E-state index in [1.165, 1.54) is 16.7 Å². The zero-order valence-corrected chi connectivity index (χ0v) is 10.2. The fourth-order valence-corrected chi connectivity index (χ4v) is 2.19. The fraction of sp³-hybridized carbons (Fsp3) is 0.111. The van der Waals surface area contributed by atoms with Gasteiger partial charge < -0.3 is 0 Å². The van der Waals surface area contributed by atoms with Crippen molar-refractivity contribution in [1.82, 2.24) is 0 Å². The summed E-state index contributed by atoms with van der Waals surface area (Å²) in [6, 6.07) is 20.9. The third kappa shape index (κ3) is 2.21. The van der Waals surface area contributed by atoms with E-state index < -0.39 is 0 Å². The van der Waals surface area contributed by atoms with Crippen LogP contribution >= 0.6 is 0 Å². The van der Waals surface area contributed by atoms with Crippen LogP contribution in [0.15, 0.2) is 60.7 Å². The Morgan fingerprint density at radius 3 is 2.61 bits per heavy atom. The van der Waals surface area contributed by atoms with E-state index in [2.05, 4.69) is 60.7 Å². The molecule has 0 fully saturated rings. The van der Waals surface area contributed by atoms with Gasteiger partial charge in [-0.1, -0.05) is 60.7 Å². The van der Waals surface area contributed by atoms with Crippen LogP contribution in [0.25, 0.3) is 16.7 Å². The van der Waals surface area contributed by atoms with Crippen molar-refractivity contribution in [3.8, 4) is 11.1 Å². The van der Waals surface area contributed by atoms with Crippen LogP contribution in [-0.2, 0) is 0 Å². The Labute approximate surface area is 108 Å². The maximum absolute atomic E-state index is 3.19. The van der Waals surface area contributed by atoms with Gasteiger partial charge in [0.15, 0.2) is 0 Å². The zero-order valence-electron chi connectivity index (χ0n) is 10.2. The van der Waals surface area contributed by atoms with Crippen LogP contribution in [0.3, 0.4) is 0 Å². The van der Waals surface area contributed by atoms with E-state index in [-0.39, 0.29) is 0 Å². The van der Waals surface area contributed by atoms with Gasteiger partial charge in [0.1, 0.15) is 0 Å². The van der Waals surface area contributed by atoms with Crippen molar-refractivity contribution in [2.75, 3.05) is 0 Å². The van der Waals surface area contributed by atoms with E-state index in [9.17, 15) is 0 Å². The lowest BCUT2D eigenvalue weighted by molar-refractivity contribution is 1.04. The smallest absolute Gasteiger partial charge is 0.0327 e. The average Bonchev–Trinajstić information content (AvgIpc) is 2.49. The predicted octanol–water partition coefficient (Wildman–Crippen LogP) is 4.69. The van der Waals surface area contributed by atoms with Crippen LogP contribution in [0, 0.1) is 12.1 Å². The van der Waals surface area contributed by atoms with E-state index >= 15 is 0 Å². The van der Waals surface area contributed by atoms with Crippen LogP contribution in [0.2, 0.25) is 0 Å². The number of hydrogen-bond donors (Lipinski definition) is 0. The minimum absolute atomic E-state index is 1.10. The topological polar surface area (TPSA) is 0 Å². The van der Waals surface area contributed by atoms with E-state index in [0.717, 1.165) is 18.4 Å². The van der Waals surface area contributed by atoms with Gasteiger partial charge in [-0.2, -0.15) is 0 Å². The summed E-state index contributed by atoms with van der Waals surface area (Å²) in [5.41, 5.74) is 4.82. The lowest BCUT2D eigenvalue weighted by Gasteiger charge is -2.07. The monoisotopic (exact) mass is 230 g/mol. The first-order valence-electron chi connectivity index (χ1n) is 6.29. The highest BCUT2D eigenvalue weighted by atomic mass is 14.1. The maximum atomic E-state index is 3.19. The molecule has 0 heteroatoms. The third-order valence-corrected chi connectivity index (χ3v) is 3.15. The molecule has 0 amide bonds. The molecule has 0 radical (unpaired) electrons. The molecule has 0 aromatic heterocycles. The van der Waals surface area contributed by atoms with E-state index in [1.807, 2.05) is 12.1 Å². The summed E-state index contributed by atoms with van der Waals surface area (Å²) >= 11 is 0. The minimum atomic E-state index is 1.10. The molecule has 0 unspecified atom stereocenters. The molecule has 0 aliphatic heterocycles. The molecular formula is C18H14. The second-order valence-electron chi connectivity index (χ2n) is 4.43. The maximum Gasteiger partial charge on any atom is 0.0327 e. The Bertz CT molecular complexity index is 588. The number of hydrogen-bond acceptors (Lipinski definition) is 0. The summed E-state index contributed by atoms with van der Waals surface area (Å²) in [5, 5.41) is 0. The molecule has 2 aromatic carbocycles. The molecule has 86 valence electrons. The lowest BCUT2D eigenvalue weighted by Crippen LogP contribution is -1.86. The molecule has 1 aliphatic rings. The quantitative estimate of drug-likeness (QED) is 0.702. The predicted molar refractivity (Wildman–Crippen MR) is 75.9 cm³/mol. The highest BCUT2D eigenvalue weighted by molar-refractivity contribution is 5.77. The van der Waals surface area contributed by atoms with Gasteiger partial charge in [0, 0.05) is 5.56 Å². The van der Waals surface area contributed by atoms with Crippen LogP contribution in [-0.4, -0.2) is 0 Å². The minimum Gasteiger partial charge on any atom is -0.0836 e. The Morgan fingerprint density at radius 1 is 0.944 bits per heavy atom. The van der Waals surface area contributed by atoms with Crippen LogP contribution in [0.5, 0.6) is 0 Å². The average molecular weight is 230 g/mol. The number of allylic oxidation sites excluding steroid dienone is 4. The third-order valence-electron chi connectivity index (χ3n) is 3.15. The zero-order chi connectivity index (χ0) is 12.2. The van der Waals surface area contributed by atoms with Gasteiger partial charge in [-0.25, -0.2) is 0 Å². The SMILES string of the molecule is c1cc(C2=CCCC=C2)cc(-c2ccccc2)c#1. The highest BCUT2D eigenvalue weighted by Gasteiger charge is 2.03. The summed E-state index contributed by atoms with van der Waals surface area (Å²) in [6.07, 6.45) is 9.00. The van der Waals surface area contributed by atoms with Crippen LogP contribution in [0.1, 0.15) is 18.4 Å². The first kappa shape index (κ1) is 10.9. The molecule has 0 atom stereocenters. The molecule has 0 N–H and O–H groups in total. The van der Waals surface area contributed by atoms with Crippen molar-refractivity contribution in [2.24, 2.45) is 0 Å². The molecule has 0 saturated carbocycles. The van der Waals surface area contributed by atoms with Gasteiger partial charge >= 0.3 is 0 Å². The molecular weight excluding hydrogens is 216 g/mol. The Morgan fingerprint density at radius 2 is 1.83 bits per heavy atom. The van der Waals surface area contributed by atoms with Gasteiger partial charge in [0.05, 0.1) is 0 Å². The van der Waals surface area contributed by atoms with Crippen molar-refractivity contribution in [3.05, 3.63) is 78.4 Å². The van der Waals surface area contributed by atoms with Crippen molar-refractivity contribution < 1.29 is 0 Å². The first-order valence-corrected chi connectivity index (χ1v) is 6.29.